The van der Waals surface area contributed by atoms with Gasteiger partial charge in [-0.05, 0) is 54.0 Å². The number of ether oxygens (including phenoxy) is 2. The number of carbonyl (C=O) groups is 1. The van der Waals surface area contributed by atoms with Crippen molar-refractivity contribution >= 4 is 33.2 Å². The minimum Gasteiger partial charge on any atom is -0.490 e. The standard InChI is InChI=1S/C16H18BrNO3S/c1-3-20-14-6-5-11(7-15(14)21-4-2)16(19)18-9-13-8-12(17)10-22-13/h5-8,10H,3-4,9H2,1-2H3,(H,18,19). The first-order valence-corrected chi connectivity index (χ1v) is 8.72. The van der Waals surface area contributed by atoms with E-state index in [0.717, 1.165) is 9.35 Å². The fraction of sp³-hybridized carbons (Fsp3) is 0.312. The monoisotopic (exact) mass is 383 g/mol. The predicted molar refractivity (Wildman–Crippen MR) is 92.0 cm³/mol. The summed E-state index contributed by atoms with van der Waals surface area (Å²) in [4.78, 5) is 13.3. The van der Waals surface area contributed by atoms with Gasteiger partial charge in [0.2, 0.25) is 0 Å². The van der Waals surface area contributed by atoms with E-state index in [1.807, 2.05) is 25.3 Å². The molecule has 1 N–H and O–H groups in total. The maximum absolute atomic E-state index is 12.2. The zero-order valence-corrected chi connectivity index (χ0v) is 14.9. The molecule has 0 aliphatic heterocycles. The number of nitrogens with one attached hydrogen (secondary N) is 1. The Morgan fingerprint density at radius 3 is 2.55 bits per heavy atom. The summed E-state index contributed by atoms with van der Waals surface area (Å²) in [5.74, 6) is 1.12. The molecule has 2 aromatic rings. The minimum atomic E-state index is -0.131. The highest BCUT2D eigenvalue weighted by Crippen LogP contribution is 2.28. The van der Waals surface area contributed by atoms with Gasteiger partial charge in [0.25, 0.3) is 5.91 Å². The topological polar surface area (TPSA) is 47.6 Å². The highest BCUT2D eigenvalue weighted by molar-refractivity contribution is 9.10. The predicted octanol–water partition coefficient (Wildman–Crippen LogP) is 4.24. The van der Waals surface area contributed by atoms with Crippen LogP contribution in [0, 0.1) is 0 Å². The first kappa shape index (κ1) is 16.8. The van der Waals surface area contributed by atoms with Gasteiger partial charge < -0.3 is 14.8 Å². The number of hydrogen-bond acceptors (Lipinski definition) is 4. The molecule has 0 unspecified atom stereocenters. The third-order valence-corrected chi connectivity index (χ3v) is 4.55. The van der Waals surface area contributed by atoms with Crippen LogP contribution in [0.25, 0.3) is 0 Å². The molecule has 0 atom stereocenters. The third-order valence-electron chi connectivity index (χ3n) is 2.85. The Bertz CT molecular complexity index is 642. The Morgan fingerprint density at radius 2 is 1.91 bits per heavy atom. The van der Waals surface area contributed by atoms with Crippen molar-refractivity contribution in [2.45, 2.75) is 20.4 Å². The Hall–Kier alpha value is -1.53. The van der Waals surface area contributed by atoms with Crippen LogP contribution in [0.3, 0.4) is 0 Å². The normalized spacial score (nSPS) is 10.3. The van der Waals surface area contributed by atoms with Crippen LogP contribution in [0.5, 0.6) is 11.5 Å². The molecule has 1 heterocycles. The van der Waals surface area contributed by atoms with E-state index in [2.05, 4.69) is 21.2 Å². The summed E-state index contributed by atoms with van der Waals surface area (Å²) in [5, 5.41) is 4.90. The van der Waals surface area contributed by atoms with Gasteiger partial charge in [-0.15, -0.1) is 11.3 Å². The molecule has 118 valence electrons. The van der Waals surface area contributed by atoms with Crippen LogP contribution in [-0.4, -0.2) is 19.1 Å². The van der Waals surface area contributed by atoms with E-state index in [-0.39, 0.29) is 5.91 Å². The molecular weight excluding hydrogens is 366 g/mol. The maximum Gasteiger partial charge on any atom is 0.251 e. The van der Waals surface area contributed by atoms with Gasteiger partial charge in [0.1, 0.15) is 0 Å². The van der Waals surface area contributed by atoms with Gasteiger partial charge in [-0.1, -0.05) is 0 Å². The molecule has 0 bridgehead atoms. The SMILES string of the molecule is CCOc1ccc(C(=O)NCc2cc(Br)cs2)cc1OCC. The zero-order valence-electron chi connectivity index (χ0n) is 12.5. The molecule has 0 spiro atoms. The molecule has 22 heavy (non-hydrogen) atoms. The number of carbonyl (C=O) groups excluding carboxylic acids is 1. The fourth-order valence-electron chi connectivity index (χ4n) is 1.91. The van der Waals surface area contributed by atoms with Crippen LogP contribution in [0.2, 0.25) is 0 Å². The van der Waals surface area contributed by atoms with Gasteiger partial charge in [0.05, 0.1) is 19.8 Å². The van der Waals surface area contributed by atoms with Gasteiger partial charge in [-0.25, -0.2) is 0 Å². The quantitative estimate of drug-likeness (QED) is 0.777. The third kappa shape index (κ3) is 4.48. The second-order valence-electron chi connectivity index (χ2n) is 4.44. The van der Waals surface area contributed by atoms with E-state index in [1.165, 1.54) is 0 Å². The van der Waals surface area contributed by atoms with Crippen LogP contribution >= 0.6 is 27.3 Å². The van der Waals surface area contributed by atoms with Gasteiger partial charge in [0, 0.05) is 20.3 Å². The number of thiophene rings is 1. The van der Waals surface area contributed by atoms with E-state index >= 15 is 0 Å². The van der Waals surface area contributed by atoms with Gasteiger partial charge >= 0.3 is 0 Å². The van der Waals surface area contributed by atoms with Crippen LogP contribution < -0.4 is 14.8 Å². The molecule has 0 saturated heterocycles. The summed E-state index contributed by atoms with van der Waals surface area (Å²) >= 11 is 5.00. The zero-order chi connectivity index (χ0) is 15.9. The van der Waals surface area contributed by atoms with Crippen molar-refractivity contribution < 1.29 is 14.3 Å². The lowest BCUT2D eigenvalue weighted by molar-refractivity contribution is 0.0950. The Balaban J connectivity index is 2.06. The highest BCUT2D eigenvalue weighted by Gasteiger charge is 2.11. The number of hydrogen-bond donors (Lipinski definition) is 1. The van der Waals surface area contributed by atoms with Crippen molar-refractivity contribution in [3.63, 3.8) is 0 Å². The molecule has 1 amide bonds. The molecular formula is C16H18BrNO3S. The first-order valence-electron chi connectivity index (χ1n) is 7.04. The summed E-state index contributed by atoms with van der Waals surface area (Å²) in [6.45, 7) is 5.39. The highest BCUT2D eigenvalue weighted by atomic mass is 79.9. The molecule has 6 heteroatoms. The minimum absolute atomic E-state index is 0.131. The molecule has 0 saturated carbocycles. The van der Waals surface area contributed by atoms with E-state index in [9.17, 15) is 4.79 Å². The molecule has 4 nitrogen and oxygen atoms in total. The van der Waals surface area contributed by atoms with E-state index in [1.54, 1.807) is 29.5 Å². The van der Waals surface area contributed by atoms with Crippen molar-refractivity contribution in [1.29, 1.82) is 0 Å². The summed E-state index contributed by atoms with van der Waals surface area (Å²) in [6, 6.07) is 7.22. The number of amides is 1. The summed E-state index contributed by atoms with van der Waals surface area (Å²) in [7, 11) is 0. The van der Waals surface area contributed by atoms with Crippen molar-refractivity contribution in [2.24, 2.45) is 0 Å². The Kier molecular flexibility index (Phi) is 6.27. The number of rotatable bonds is 7. The molecule has 1 aromatic heterocycles. The molecule has 0 aliphatic rings. The molecule has 2 rings (SSSR count). The lowest BCUT2D eigenvalue weighted by Crippen LogP contribution is -2.22. The maximum atomic E-state index is 12.2. The average Bonchev–Trinajstić information content (AvgIpc) is 2.92. The first-order chi connectivity index (χ1) is 10.6. The lowest BCUT2D eigenvalue weighted by atomic mass is 10.2. The molecule has 0 fully saturated rings. The molecule has 0 aliphatic carbocycles. The van der Waals surface area contributed by atoms with Crippen molar-refractivity contribution in [1.82, 2.24) is 5.32 Å². The summed E-state index contributed by atoms with van der Waals surface area (Å²) in [5.41, 5.74) is 0.558. The van der Waals surface area contributed by atoms with Crippen molar-refractivity contribution in [3.8, 4) is 11.5 Å². The average molecular weight is 384 g/mol. The lowest BCUT2D eigenvalue weighted by Gasteiger charge is -2.12. The van der Waals surface area contributed by atoms with Gasteiger partial charge in [0.15, 0.2) is 11.5 Å². The van der Waals surface area contributed by atoms with E-state index < -0.39 is 0 Å². The van der Waals surface area contributed by atoms with Gasteiger partial charge in [-0.3, -0.25) is 4.79 Å². The molecule has 0 radical (unpaired) electrons. The van der Waals surface area contributed by atoms with Crippen LogP contribution in [0.1, 0.15) is 29.1 Å². The van der Waals surface area contributed by atoms with Crippen molar-refractivity contribution in [2.75, 3.05) is 13.2 Å². The van der Waals surface area contributed by atoms with Crippen LogP contribution in [-0.2, 0) is 6.54 Å². The molecule has 1 aromatic carbocycles. The smallest absolute Gasteiger partial charge is 0.251 e. The van der Waals surface area contributed by atoms with E-state index in [0.29, 0.717) is 36.8 Å². The van der Waals surface area contributed by atoms with Crippen LogP contribution in [0.15, 0.2) is 34.1 Å². The summed E-state index contributed by atoms with van der Waals surface area (Å²) in [6.07, 6.45) is 0. The number of halogens is 1. The fourth-order valence-corrected chi connectivity index (χ4v) is 3.30. The Morgan fingerprint density at radius 1 is 1.18 bits per heavy atom. The Labute approximate surface area is 142 Å². The van der Waals surface area contributed by atoms with Crippen LogP contribution in [0.4, 0.5) is 0 Å². The largest absolute Gasteiger partial charge is 0.490 e. The van der Waals surface area contributed by atoms with E-state index in [4.69, 9.17) is 9.47 Å². The van der Waals surface area contributed by atoms with Crippen molar-refractivity contribution in [3.05, 3.63) is 44.6 Å². The van der Waals surface area contributed by atoms with Gasteiger partial charge in [-0.2, -0.15) is 0 Å². The number of benzene rings is 1. The second kappa shape index (κ2) is 8.19. The second-order valence-corrected chi connectivity index (χ2v) is 6.35. The summed E-state index contributed by atoms with van der Waals surface area (Å²) < 4.78 is 12.1.